The topological polar surface area (TPSA) is 82.1 Å². The number of methoxy groups -OCH3 is 1. The summed E-state index contributed by atoms with van der Waals surface area (Å²) in [6.45, 7) is 1.58. The average Bonchev–Trinajstić information content (AvgIpc) is 2.68. The molecule has 2 bridgehead atoms. The Morgan fingerprint density at radius 1 is 1.29 bits per heavy atom. The fourth-order valence-corrected chi connectivity index (χ4v) is 4.95. The van der Waals surface area contributed by atoms with Crippen molar-refractivity contribution in [2.75, 3.05) is 13.7 Å². The number of carbonyl (C=O) groups is 2. The Hall–Kier alpha value is -1.92. The monoisotopic (exact) mass is 332 g/mol. The Morgan fingerprint density at radius 2 is 2.00 bits per heavy atom. The second-order valence-electron chi connectivity index (χ2n) is 7.21. The zero-order valence-corrected chi connectivity index (χ0v) is 13.7. The van der Waals surface area contributed by atoms with E-state index in [9.17, 15) is 14.7 Å². The first kappa shape index (κ1) is 15.6. The Labute approximate surface area is 139 Å². The average molecular weight is 332 g/mol. The molecule has 1 aliphatic heterocycles. The molecule has 0 radical (unpaired) electrons. The number of fused-ring (bicyclic) bond motifs is 2. The van der Waals surface area contributed by atoms with Crippen LogP contribution in [0.15, 0.2) is 30.3 Å². The van der Waals surface area contributed by atoms with Crippen molar-refractivity contribution in [1.82, 2.24) is 0 Å². The second-order valence-corrected chi connectivity index (χ2v) is 7.21. The molecule has 0 spiro atoms. The zero-order chi connectivity index (χ0) is 17.2. The van der Waals surface area contributed by atoms with E-state index in [4.69, 9.17) is 14.2 Å². The molecule has 0 amide bonds. The van der Waals surface area contributed by atoms with Crippen LogP contribution in [0.3, 0.4) is 0 Å². The third kappa shape index (κ3) is 1.49. The summed E-state index contributed by atoms with van der Waals surface area (Å²) in [6.07, 6.45) is 1.25. The van der Waals surface area contributed by atoms with Gasteiger partial charge in [-0.05, 0) is 31.9 Å². The summed E-state index contributed by atoms with van der Waals surface area (Å²) in [6, 6.07) is 8.54. The molecule has 3 fully saturated rings. The first-order chi connectivity index (χ1) is 11.3. The van der Waals surface area contributed by atoms with Gasteiger partial charge in [-0.2, -0.15) is 0 Å². The van der Waals surface area contributed by atoms with Crippen LogP contribution in [0.5, 0.6) is 0 Å². The largest absolute Gasteiger partial charge is 0.461 e. The highest BCUT2D eigenvalue weighted by atomic mass is 16.6. The van der Waals surface area contributed by atoms with Gasteiger partial charge < -0.3 is 19.3 Å². The van der Waals surface area contributed by atoms with Crippen LogP contribution >= 0.6 is 0 Å². The number of hydrogen-bond donors (Lipinski definition) is 1. The van der Waals surface area contributed by atoms with Crippen LogP contribution in [0.1, 0.15) is 36.5 Å². The summed E-state index contributed by atoms with van der Waals surface area (Å²) in [5.41, 5.74) is -3.98. The molecule has 1 heterocycles. The number of benzene rings is 1. The van der Waals surface area contributed by atoms with E-state index in [2.05, 4.69) is 0 Å². The lowest BCUT2D eigenvalue weighted by Crippen LogP contribution is -2.83. The third-order valence-corrected chi connectivity index (χ3v) is 6.34. The molecule has 1 saturated heterocycles. The SMILES string of the molecule is CO[C@@]12C[C@@]3(O)CC[C@]1(C)OC(=O)C32COC(=O)c1ccccc1. The number of carbonyl (C=O) groups excluding carboxylic acids is 2. The van der Waals surface area contributed by atoms with E-state index in [1.807, 2.05) is 6.92 Å². The molecule has 1 aromatic carbocycles. The van der Waals surface area contributed by atoms with Gasteiger partial charge in [-0.3, -0.25) is 4.79 Å². The van der Waals surface area contributed by atoms with E-state index in [0.29, 0.717) is 24.8 Å². The van der Waals surface area contributed by atoms with Gasteiger partial charge in [0.1, 0.15) is 17.8 Å². The quantitative estimate of drug-likeness (QED) is 0.841. The third-order valence-electron chi connectivity index (χ3n) is 6.34. The first-order valence-electron chi connectivity index (χ1n) is 8.07. The molecule has 4 rings (SSSR count). The highest BCUT2D eigenvalue weighted by Crippen LogP contribution is 2.74. The molecule has 3 aliphatic rings. The highest BCUT2D eigenvalue weighted by Gasteiger charge is 2.91. The molecule has 0 aromatic heterocycles. The predicted molar refractivity (Wildman–Crippen MR) is 82.2 cm³/mol. The van der Waals surface area contributed by atoms with Crippen LogP contribution in [-0.2, 0) is 19.0 Å². The normalized spacial score (nSPS) is 42.2. The van der Waals surface area contributed by atoms with Crippen molar-refractivity contribution >= 4 is 11.9 Å². The second kappa shape index (κ2) is 4.58. The summed E-state index contributed by atoms with van der Waals surface area (Å²) < 4.78 is 16.7. The van der Waals surface area contributed by atoms with Crippen molar-refractivity contribution in [3.63, 3.8) is 0 Å². The van der Waals surface area contributed by atoms with Crippen LogP contribution in [0.4, 0.5) is 0 Å². The molecular formula is C18H20O6. The van der Waals surface area contributed by atoms with Crippen LogP contribution in [-0.4, -0.2) is 47.6 Å². The van der Waals surface area contributed by atoms with Crippen LogP contribution in [0.2, 0.25) is 0 Å². The molecule has 128 valence electrons. The van der Waals surface area contributed by atoms with Crippen molar-refractivity contribution in [2.24, 2.45) is 5.41 Å². The minimum atomic E-state index is -1.35. The molecule has 1 unspecified atom stereocenters. The minimum Gasteiger partial charge on any atom is -0.461 e. The molecule has 2 saturated carbocycles. The van der Waals surface area contributed by atoms with Crippen LogP contribution in [0.25, 0.3) is 0 Å². The summed E-state index contributed by atoms with van der Waals surface area (Å²) in [4.78, 5) is 25.0. The minimum absolute atomic E-state index is 0.251. The van der Waals surface area contributed by atoms with E-state index in [-0.39, 0.29) is 6.61 Å². The molecule has 6 nitrogen and oxygen atoms in total. The van der Waals surface area contributed by atoms with Gasteiger partial charge in [-0.1, -0.05) is 18.2 Å². The Morgan fingerprint density at radius 3 is 2.67 bits per heavy atom. The number of esters is 2. The van der Waals surface area contributed by atoms with Crippen molar-refractivity contribution in [3.05, 3.63) is 35.9 Å². The smallest absolute Gasteiger partial charge is 0.338 e. The van der Waals surface area contributed by atoms with Gasteiger partial charge in [0.2, 0.25) is 0 Å². The molecule has 1 N–H and O–H groups in total. The number of ether oxygens (including phenoxy) is 3. The zero-order valence-electron chi connectivity index (χ0n) is 13.7. The fourth-order valence-electron chi connectivity index (χ4n) is 4.95. The lowest BCUT2D eigenvalue weighted by Gasteiger charge is -2.67. The van der Waals surface area contributed by atoms with Gasteiger partial charge in [0.15, 0.2) is 5.41 Å². The maximum Gasteiger partial charge on any atom is 0.338 e. The number of rotatable bonds is 4. The fraction of sp³-hybridized carbons (Fsp3) is 0.556. The van der Waals surface area contributed by atoms with Gasteiger partial charge in [0, 0.05) is 13.5 Å². The van der Waals surface area contributed by atoms with Gasteiger partial charge in [0.05, 0.1) is 11.2 Å². The Kier molecular flexibility index (Phi) is 2.98. The lowest BCUT2D eigenvalue weighted by atomic mass is 9.39. The van der Waals surface area contributed by atoms with E-state index < -0.39 is 34.2 Å². The number of hydrogen-bond acceptors (Lipinski definition) is 6. The van der Waals surface area contributed by atoms with Gasteiger partial charge >= 0.3 is 11.9 Å². The maximum absolute atomic E-state index is 12.7. The van der Waals surface area contributed by atoms with Crippen molar-refractivity contribution in [1.29, 1.82) is 0 Å². The van der Waals surface area contributed by atoms with E-state index >= 15 is 0 Å². The maximum atomic E-state index is 12.7. The predicted octanol–water partition coefficient (Wildman–Crippen LogP) is 1.46. The summed E-state index contributed by atoms with van der Waals surface area (Å²) in [5, 5.41) is 11.0. The summed E-state index contributed by atoms with van der Waals surface area (Å²) >= 11 is 0. The van der Waals surface area contributed by atoms with Crippen molar-refractivity contribution in [2.45, 2.75) is 43.0 Å². The van der Waals surface area contributed by atoms with E-state index in [1.54, 1.807) is 30.3 Å². The number of aliphatic hydroxyl groups is 1. The molecular weight excluding hydrogens is 312 g/mol. The van der Waals surface area contributed by atoms with Gasteiger partial charge in [-0.15, -0.1) is 0 Å². The van der Waals surface area contributed by atoms with Crippen molar-refractivity contribution in [3.8, 4) is 0 Å². The molecule has 4 atom stereocenters. The van der Waals surface area contributed by atoms with E-state index in [0.717, 1.165) is 0 Å². The van der Waals surface area contributed by atoms with Gasteiger partial charge in [-0.25, -0.2) is 4.79 Å². The lowest BCUT2D eigenvalue weighted by molar-refractivity contribution is -0.342. The van der Waals surface area contributed by atoms with Crippen LogP contribution in [0, 0.1) is 5.41 Å². The molecule has 6 heteroatoms. The summed E-state index contributed by atoms with van der Waals surface area (Å²) in [7, 11) is 1.51. The standard InChI is InChI=1S/C18H20O6/c1-15-8-9-16(21)10-18(15,22-2)17(16,14(20)24-15)11-23-13(19)12-6-4-3-5-7-12/h3-7,21H,8-11H2,1-2H3/t15-,16-,17?,18-/m0/s1. The Balaban J connectivity index is 1.66. The first-order valence-corrected chi connectivity index (χ1v) is 8.07. The van der Waals surface area contributed by atoms with Crippen LogP contribution < -0.4 is 0 Å². The highest BCUT2D eigenvalue weighted by molar-refractivity contribution is 5.91. The summed E-state index contributed by atoms with van der Waals surface area (Å²) in [5.74, 6) is -1.08. The molecule has 1 aromatic rings. The molecule has 2 aliphatic carbocycles. The van der Waals surface area contributed by atoms with Gasteiger partial charge in [0.25, 0.3) is 0 Å². The van der Waals surface area contributed by atoms with Crippen molar-refractivity contribution < 1.29 is 28.9 Å². The molecule has 24 heavy (non-hydrogen) atoms. The van der Waals surface area contributed by atoms with E-state index in [1.165, 1.54) is 7.11 Å². The Bertz CT molecular complexity index is 717.